The molecule has 2 heterocycles. The quantitative estimate of drug-likeness (QED) is 0.844. The highest BCUT2D eigenvalue weighted by Gasteiger charge is 2.12. The second-order valence-electron chi connectivity index (χ2n) is 4.60. The SMILES string of the molecule is CC(N)c1cnc(CCN2CCCCC2)o1. The lowest BCUT2D eigenvalue weighted by Crippen LogP contribution is -2.31. The number of oxazole rings is 1. The summed E-state index contributed by atoms with van der Waals surface area (Å²) in [4.78, 5) is 6.73. The van der Waals surface area contributed by atoms with E-state index < -0.39 is 0 Å². The third-order valence-electron chi connectivity index (χ3n) is 3.11. The lowest BCUT2D eigenvalue weighted by molar-refractivity contribution is 0.225. The summed E-state index contributed by atoms with van der Waals surface area (Å²) in [5.74, 6) is 1.60. The van der Waals surface area contributed by atoms with Gasteiger partial charge in [-0.25, -0.2) is 4.98 Å². The highest BCUT2D eigenvalue weighted by Crippen LogP contribution is 2.13. The third kappa shape index (κ3) is 3.06. The molecule has 4 heteroatoms. The van der Waals surface area contributed by atoms with Crippen molar-refractivity contribution in [2.75, 3.05) is 19.6 Å². The Morgan fingerprint density at radius 1 is 1.44 bits per heavy atom. The maximum Gasteiger partial charge on any atom is 0.195 e. The number of piperidine rings is 1. The molecule has 0 spiro atoms. The van der Waals surface area contributed by atoms with Gasteiger partial charge in [-0.05, 0) is 32.9 Å². The van der Waals surface area contributed by atoms with Crippen molar-refractivity contribution >= 4 is 0 Å². The van der Waals surface area contributed by atoms with Crippen molar-refractivity contribution in [1.29, 1.82) is 0 Å². The number of nitrogens with zero attached hydrogens (tertiary/aromatic N) is 2. The molecule has 2 N–H and O–H groups in total. The van der Waals surface area contributed by atoms with Gasteiger partial charge < -0.3 is 15.1 Å². The van der Waals surface area contributed by atoms with Crippen molar-refractivity contribution in [3.8, 4) is 0 Å². The first-order valence-corrected chi connectivity index (χ1v) is 6.18. The van der Waals surface area contributed by atoms with Gasteiger partial charge in [0.1, 0.15) is 5.76 Å². The van der Waals surface area contributed by atoms with E-state index in [1.807, 2.05) is 6.92 Å². The highest BCUT2D eigenvalue weighted by atomic mass is 16.4. The van der Waals surface area contributed by atoms with Crippen LogP contribution in [0.2, 0.25) is 0 Å². The van der Waals surface area contributed by atoms with E-state index in [2.05, 4.69) is 9.88 Å². The molecule has 0 amide bonds. The van der Waals surface area contributed by atoms with Crippen LogP contribution in [-0.4, -0.2) is 29.5 Å². The monoisotopic (exact) mass is 223 g/mol. The lowest BCUT2D eigenvalue weighted by atomic mass is 10.1. The number of nitrogens with two attached hydrogens (primary N) is 1. The van der Waals surface area contributed by atoms with Crippen molar-refractivity contribution in [2.45, 2.75) is 38.6 Å². The molecule has 16 heavy (non-hydrogen) atoms. The average Bonchev–Trinajstić information content (AvgIpc) is 2.76. The second kappa shape index (κ2) is 5.46. The van der Waals surface area contributed by atoms with Gasteiger partial charge in [0.05, 0.1) is 12.2 Å². The number of hydrogen-bond acceptors (Lipinski definition) is 4. The zero-order valence-corrected chi connectivity index (χ0v) is 9.98. The fraction of sp³-hybridized carbons (Fsp3) is 0.750. The number of aromatic nitrogens is 1. The fourth-order valence-corrected chi connectivity index (χ4v) is 2.09. The smallest absolute Gasteiger partial charge is 0.195 e. The van der Waals surface area contributed by atoms with Crippen LogP contribution in [0.25, 0.3) is 0 Å². The van der Waals surface area contributed by atoms with Crippen LogP contribution in [0.1, 0.15) is 43.9 Å². The Morgan fingerprint density at radius 2 is 2.19 bits per heavy atom. The summed E-state index contributed by atoms with van der Waals surface area (Å²) in [6, 6.07) is -0.0590. The Morgan fingerprint density at radius 3 is 2.81 bits per heavy atom. The van der Waals surface area contributed by atoms with Crippen LogP contribution in [0.3, 0.4) is 0 Å². The number of rotatable bonds is 4. The minimum absolute atomic E-state index is 0.0590. The van der Waals surface area contributed by atoms with Crippen LogP contribution in [0, 0.1) is 0 Å². The first kappa shape index (κ1) is 11.6. The summed E-state index contributed by atoms with van der Waals surface area (Å²) < 4.78 is 5.57. The minimum Gasteiger partial charge on any atom is -0.444 e. The van der Waals surface area contributed by atoms with Crippen molar-refractivity contribution in [1.82, 2.24) is 9.88 Å². The molecule has 1 aliphatic rings. The Bertz CT molecular complexity index is 316. The van der Waals surface area contributed by atoms with E-state index in [1.165, 1.54) is 32.4 Å². The molecular formula is C12H21N3O. The van der Waals surface area contributed by atoms with Crippen LogP contribution in [-0.2, 0) is 6.42 Å². The normalized spacial score (nSPS) is 19.9. The van der Waals surface area contributed by atoms with E-state index >= 15 is 0 Å². The molecule has 0 radical (unpaired) electrons. The molecular weight excluding hydrogens is 202 g/mol. The van der Waals surface area contributed by atoms with E-state index in [0.717, 1.165) is 24.6 Å². The molecule has 1 aliphatic heterocycles. The van der Waals surface area contributed by atoms with Gasteiger partial charge in [0.25, 0.3) is 0 Å². The Labute approximate surface area is 96.8 Å². The average molecular weight is 223 g/mol. The van der Waals surface area contributed by atoms with Gasteiger partial charge in [0.2, 0.25) is 0 Å². The summed E-state index contributed by atoms with van der Waals surface area (Å²) in [7, 11) is 0. The van der Waals surface area contributed by atoms with Crippen LogP contribution in [0.15, 0.2) is 10.6 Å². The van der Waals surface area contributed by atoms with E-state index in [4.69, 9.17) is 10.2 Å². The molecule has 0 bridgehead atoms. The lowest BCUT2D eigenvalue weighted by Gasteiger charge is -2.25. The standard InChI is InChI=1S/C12H21N3O/c1-10(13)11-9-14-12(16-11)5-8-15-6-3-2-4-7-15/h9-10H,2-8,13H2,1H3. The summed E-state index contributed by atoms with van der Waals surface area (Å²) in [5, 5.41) is 0. The molecule has 0 saturated carbocycles. The van der Waals surface area contributed by atoms with Crippen molar-refractivity contribution < 1.29 is 4.42 Å². The van der Waals surface area contributed by atoms with E-state index in [-0.39, 0.29) is 6.04 Å². The van der Waals surface area contributed by atoms with Gasteiger partial charge in [-0.3, -0.25) is 0 Å². The molecule has 1 aromatic heterocycles. The molecule has 0 aromatic carbocycles. The molecule has 90 valence electrons. The molecule has 1 saturated heterocycles. The molecule has 1 fully saturated rings. The van der Waals surface area contributed by atoms with Crippen molar-refractivity contribution in [3.05, 3.63) is 17.8 Å². The van der Waals surface area contributed by atoms with E-state index in [1.54, 1.807) is 6.20 Å². The molecule has 1 unspecified atom stereocenters. The summed E-state index contributed by atoms with van der Waals surface area (Å²) in [6.07, 6.45) is 6.68. The number of likely N-dealkylation sites (tertiary alicyclic amines) is 1. The largest absolute Gasteiger partial charge is 0.444 e. The van der Waals surface area contributed by atoms with E-state index in [9.17, 15) is 0 Å². The first-order valence-electron chi connectivity index (χ1n) is 6.18. The van der Waals surface area contributed by atoms with Crippen molar-refractivity contribution in [2.24, 2.45) is 5.73 Å². The molecule has 1 atom stereocenters. The summed E-state index contributed by atoms with van der Waals surface area (Å²) >= 11 is 0. The Hall–Kier alpha value is -0.870. The highest BCUT2D eigenvalue weighted by molar-refractivity contribution is 4.98. The zero-order chi connectivity index (χ0) is 11.4. The maximum atomic E-state index is 5.72. The molecule has 1 aromatic rings. The summed E-state index contributed by atoms with van der Waals surface area (Å²) in [6.45, 7) is 5.41. The van der Waals surface area contributed by atoms with Gasteiger partial charge in [-0.1, -0.05) is 6.42 Å². The Balaban J connectivity index is 1.79. The maximum absolute atomic E-state index is 5.72. The second-order valence-corrected chi connectivity index (χ2v) is 4.60. The molecule has 4 nitrogen and oxygen atoms in total. The van der Waals surface area contributed by atoms with Crippen LogP contribution < -0.4 is 5.73 Å². The number of hydrogen-bond donors (Lipinski definition) is 1. The van der Waals surface area contributed by atoms with Crippen LogP contribution in [0.5, 0.6) is 0 Å². The topological polar surface area (TPSA) is 55.3 Å². The van der Waals surface area contributed by atoms with Crippen molar-refractivity contribution in [3.63, 3.8) is 0 Å². The molecule has 0 aliphatic carbocycles. The van der Waals surface area contributed by atoms with Gasteiger partial charge in [-0.15, -0.1) is 0 Å². The van der Waals surface area contributed by atoms with Crippen LogP contribution in [0.4, 0.5) is 0 Å². The van der Waals surface area contributed by atoms with Gasteiger partial charge >= 0.3 is 0 Å². The Kier molecular flexibility index (Phi) is 3.96. The predicted molar refractivity (Wildman–Crippen MR) is 63.1 cm³/mol. The summed E-state index contributed by atoms with van der Waals surface area (Å²) in [5.41, 5.74) is 5.72. The van der Waals surface area contributed by atoms with E-state index in [0.29, 0.717) is 0 Å². The third-order valence-corrected chi connectivity index (χ3v) is 3.11. The fourth-order valence-electron chi connectivity index (χ4n) is 2.09. The van der Waals surface area contributed by atoms with Gasteiger partial charge in [-0.2, -0.15) is 0 Å². The van der Waals surface area contributed by atoms with Gasteiger partial charge in [0.15, 0.2) is 5.89 Å². The van der Waals surface area contributed by atoms with Gasteiger partial charge in [0, 0.05) is 13.0 Å². The zero-order valence-electron chi connectivity index (χ0n) is 9.98. The van der Waals surface area contributed by atoms with Crippen LogP contribution >= 0.6 is 0 Å². The minimum atomic E-state index is -0.0590. The predicted octanol–water partition coefficient (Wildman–Crippen LogP) is 1.72. The first-order chi connectivity index (χ1) is 7.75. The molecule has 2 rings (SSSR count).